The summed E-state index contributed by atoms with van der Waals surface area (Å²) in [7, 11) is 1.67. The minimum absolute atomic E-state index is 0.0149. The number of carbonyl (C=O) groups is 2. The number of aromatic nitrogens is 4. The number of tetrazole rings is 1. The SMILES string of the molecule is Cc1ccc(C(=O)[O-])cc1NC(=O)CSc1nnnn1C. The van der Waals surface area contributed by atoms with Gasteiger partial charge in [-0.1, -0.05) is 23.9 Å². The quantitative estimate of drug-likeness (QED) is 0.749. The number of amides is 1. The van der Waals surface area contributed by atoms with Crippen LogP contribution in [-0.2, 0) is 11.8 Å². The molecule has 9 heteroatoms. The number of carboxylic acid groups (broad SMARTS) is 1. The highest BCUT2D eigenvalue weighted by molar-refractivity contribution is 7.99. The van der Waals surface area contributed by atoms with Gasteiger partial charge in [0, 0.05) is 12.7 Å². The molecule has 110 valence electrons. The van der Waals surface area contributed by atoms with Crippen molar-refractivity contribution in [1.82, 2.24) is 20.2 Å². The van der Waals surface area contributed by atoms with Crippen molar-refractivity contribution in [2.24, 2.45) is 7.05 Å². The molecule has 2 aromatic rings. The van der Waals surface area contributed by atoms with Crippen molar-refractivity contribution in [3.63, 3.8) is 0 Å². The number of rotatable bonds is 5. The molecule has 0 bridgehead atoms. The molecule has 21 heavy (non-hydrogen) atoms. The minimum Gasteiger partial charge on any atom is -0.545 e. The molecule has 1 aromatic heterocycles. The van der Waals surface area contributed by atoms with E-state index in [9.17, 15) is 14.7 Å². The normalized spacial score (nSPS) is 10.4. The number of aryl methyl sites for hydroxylation is 2. The maximum absolute atomic E-state index is 11.9. The average molecular weight is 306 g/mol. The minimum atomic E-state index is -1.29. The molecule has 0 atom stereocenters. The molecule has 0 fully saturated rings. The van der Waals surface area contributed by atoms with Gasteiger partial charge >= 0.3 is 0 Å². The third-order valence-corrected chi connectivity index (χ3v) is 3.67. The van der Waals surface area contributed by atoms with Crippen LogP contribution in [0.2, 0.25) is 0 Å². The standard InChI is InChI=1S/C12H13N5O3S/c1-7-3-4-8(11(19)20)5-9(7)13-10(18)6-21-12-14-15-16-17(12)2/h3-5H,6H2,1-2H3,(H,13,18)(H,19,20)/p-1. The molecule has 1 aromatic carbocycles. The van der Waals surface area contributed by atoms with Crippen molar-refractivity contribution in [2.75, 3.05) is 11.1 Å². The first-order valence-electron chi connectivity index (χ1n) is 5.94. The summed E-state index contributed by atoms with van der Waals surface area (Å²) < 4.78 is 1.46. The van der Waals surface area contributed by atoms with E-state index in [0.717, 1.165) is 5.56 Å². The Morgan fingerprint density at radius 1 is 1.43 bits per heavy atom. The lowest BCUT2D eigenvalue weighted by Gasteiger charge is -2.11. The Kier molecular flexibility index (Phi) is 4.53. The van der Waals surface area contributed by atoms with Gasteiger partial charge in [0.25, 0.3) is 0 Å². The Bertz CT molecular complexity index is 685. The summed E-state index contributed by atoms with van der Waals surface area (Å²) in [6, 6.07) is 4.41. The highest BCUT2D eigenvalue weighted by Crippen LogP contribution is 2.18. The van der Waals surface area contributed by atoms with Crippen LogP contribution in [0.5, 0.6) is 0 Å². The summed E-state index contributed by atoms with van der Waals surface area (Å²) in [5.74, 6) is -1.45. The lowest BCUT2D eigenvalue weighted by atomic mass is 10.1. The van der Waals surface area contributed by atoms with E-state index in [4.69, 9.17) is 0 Å². The molecule has 1 N–H and O–H groups in total. The second-order valence-corrected chi connectivity index (χ2v) is 5.18. The van der Waals surface area contributed by atoms with Crippen LogP contribution in [-0.4, -0.2) is 37.8 Å². The van der Waals surface area contributed by atoms with Crippen LogP contribution in [0.3, 0.4) is 0 Å². The van der Waals surface area contributed by atoms with Crippen LogP contribution in [0.1, 0.15) is 15.9 Å². The fraction of sp³-hybridized carbons (Fsp3) is 0.250. The van der Waals surface area contributed by atoms with Crippen LogP contribution >= 0.6 is 11.8 Å². The topological polar surface area (TPSA) is 113 Å². The third-order valence-electron chi connectivity index (χ3n) is 2.66. The Morgan fingerprint density at radius 3 is 2.81 bits per heavy atom. The van der Waals surface area contributed by atoms with Gasteiger partial charge in [0.05, 0.1) is 11.7 Å². The van der Waals surface area contributed by atoms with E-state index >= 15 is 0 Å². The third kappa shape index (κ3) is 3.78. The van der Waals surface area contributed by atoms with E-state index in [1.165, 1.54) is 28.6 Å². The van der Waals surface area contributed by atoms with Gasteiger partial charge in [-0.05, 0) is 34.5 Å². The number of thioether (sulfide) groups is 1. The molecule has 0 saturated heterocycles. The molecule has 0 unspecified atom stereocenters. The molecule has 0 aliphatic rings. The van der Waals surface area contributed by atoms with Gasteiger partial charge < -0.3 is 15.2 Å². The zero-order valence-corrected chi connectivity index (χ0v) is 12.2. The monoisotopic (exact) mass is 306 g/mol. The van der Waals surface area contributed by atoms with Crippen LogP contribution in [0.15, 0.2) is 23.4 Å². The van der Waals surface area contributed by atoms with Gasteiger partial charge in [0.2, 0.25) is 11.1 Å². The second kappa shape index (κ2) is 6.35. The molecule has 0 aliphatic carbocycles. The number of hydrogen-bond donors (Lipinski definition) is 1. The lowest BCUT2D eigenvalue weighted by Crippen LogP contribution is -2.23. The smallest absolute Gasteiger partial charge is 0.234 e. The van der Waals surface area contributed by atoms with Gasteiger partial charge in [-0.3, -0.25) is 4.79 Å². The van der Waals surface area contributed by atoms with Crippen molar-refractivity contribution in [2.45, 2.75) is 12.1 Å². The zero-order chi connectivity index (χ0) is 15.4. The molecule has 1 amide bonds. The first kappa shape index (κ1) is 15.0. The predicted octanol–water partition coefficient (Wildman–Crippen LogP) is -0.387. The summed E-state index contributed by atoms with van der Waals surface area (Å²) in [5.41, 5.74) is 1.22. The highest BCUT2D eigenvalue weighted by atomic mass is 32.2. The summed E-state index contributed by atoms with van der Waals surface area (Å²) in [6.45, 7) is 1.77. The Morgan fingerprint density at radius 2 is 2.19 bits per heavy atom. The molecule has 1 heterocycles. The average Bonchev–Trinajstić information content (AvgIpc) is 2.84. The molecular formula is C12H12N5O3S-. The van der Waals surface area contributed by atoms with Crippen LogP contribution < -0.4 is 10.4 Å². The molecule has 0 radical (unpaired) electrons. The van der Waals surface area contributed by atoms with Crippen molar-refractivity contribution >= 4 is 29.3 Å². The van der Waals surface area contributed by atoms with Gasteiger partial charge in [-0.15, -0.1) is 5.10 Å². The van der Waals surface area contributed by atoms with E-state index in [0.29, 0.717) is 10.8 Å². The molecule has 8 nitrogen and oxygen atoms in total. The fourth-order valence-electron chi connectivity index (χ4n) is 1.54. The predicted molar refractivity (Wildman–Crippen MR) is 73.7 cm³/mol. The van der Waals surface area contributed by atoms with Crippen LogP contribution in [0, 0.1) is 6.92 Å². The lowest BCUT2D eigenvalue weighted by molar-refractivity contribution is -0.255. The highest BCUT2D eigenvalue weighted by Gasteiger charge is 2.09. The number of benzene rings is 1. The van der Waals surface area contributed by atoms with Crippen LogP contribution in [0.25, 0.3) is 0 Å². The largest absolute Gasteiger partial charge is 0.545 e. The van der Waals surface area contributed by atoms with Crippen LogP contribution in [0.4, 0.5) is 5.69 Å². The first-order chi connectivity index (χ1) is 9.97. The summed E-state index contributed by atoms with van der Waals surface area (Å²) in [4.78, 5) is 22.7. The summed E-state index contributed by atoms with van der Waals surface area (Å²) in [5, 5.41) is 24.9. The zero-order valence-electron chi connectivity index (χ0n) is 11.4. The van der Waals surface area contributed by atoms with E-state index in [1.54, 1.807) is 20.0 Å². The Balaban J connectivity index is 2.01. The van der Waals surface area contributed by atoms with Crippen molar-refractivity contribution in [1.29, 1.82) is 0 Å². The molecule has 0 aliphatic heterocycles. The van der Waals surface area contributed by atoms with Crippen molar-refractivity contribution < 1.29 is 14.7 Å². The van der Waals surface area contributed by atoms with E-state index < -0.39 is 5.97 Å². The van der Waals surface area contributed by atoms with Gasteiger partial charge in [0.15, 0.2) is 0 Å². The fourth-order valence-corrected chi connectivity index (χ4v) is 2.19. The Hall–Kier alpha value is -2.42. The number of carboxylic acids is 1. The molecular weight excluding hydrogens is 294 g/mol. The number of nitrogens with one attached hydrogen (secondary N) is 1. The molecule has 2 rings (SSSR count). The van der Waals surface area contributed by atoms with Gasteiger partial charge in [0.1, 0.15) is 0 Å². The second-order valence-electron chi connectivity index (χ2n) is 4.24. The number of aromatic carboxylic acids is 1. The number of hydrogen-bond acceptors (Lipinski definition) is 7. The molecule has 0 saturated carbocycles. The van der Waals surface area contributed by atoms with Crippen molar-refractivity contribution in [3.8, 4) is 0 Å². The first-order valence-corrected chi connectivity index (χ1v) is 6.93. The van der Waals surface area contributed by atoms with Gasteiger partial charge in [-0.25, -0.2) is 4.68 Å². The maximum Gasteiger partial charge on any atom is 0.234 e. The number of anilines is 1. The van der Waals surface area contributed by atoms with E-state index in [1.807, 2.05) is 0 Å². The Labute approximate surface area is 124 Å². The van der Waals surface area contributed by atoms with E-state index in [2.05, 4.69) is 20.8 Å². The van der Waals surface area contributed by atoms with Crippen molar-refractivity contribution in [3.05, 3.63) is 29.3 Å². The number of nitrogens with zero attached hydrogens (tertiary/aromatic N) is 4. The summed E-state index contributed by atoms with van der Waals surface area (Å²) in [6.07, 6.45) is 0. The van der Waals surface area contributed by atoms with E-state index in [-0.39, 0.29) is 17.2 Å². The number of carbonyl (C=O) groups excluding carboxylic acids is 2. The molecule has 0 spiro atoms. The van der Waals surface area contributed by atoms with Gasteiger partial charge in [-0.2, -0.15) is 0 Å². The maximum atomic E-state index is 11.9. The summed E-state index contributed by atoms with van der Waals surface area (Å²) >= 11 is 1.18.